The van der Waals surface area contributed by atoms with Gasteiger partial charge in [0, 0.05) is 21.2 Å². The molecule has 4 aromatic rings. The molecule has 14 heteroatoms. The lowest BCUT2D eigenvalue weighted by molar-refractivity contribution is 0.101. The van der Waals surface area contributed by atoms with E-state index in [-0.39, 0.29) is 21.2 Å². The quantitative estimate of drug-likeness (QED) is 0.202. The van der Waals surface area contributed by atoms with Crippen molar-refractivity contribution in [2.24, 2.45) is 10.3 Å². The van der Waals surface area contributed by atoms with Crippen molar-refractivity contribution in [1.82, 2.24) is 0 Å². The summed E-state index contributed by atoms with van der Waals surface area (Å²) in [6.07, 6.45) is 0. The van der Waals surface area contributed by atoms with E-state index in [9.17, 15) is 26.4 Å². The molecule has 0 radical (unpaired) electrons. The number of carbonyl (C=O) groups is 2. The molecule has 4 rings (SSSR count). The van der Waals surface area contributed by atoms with E-state index in [0.717, 1.165) is 0 Å². The fourth-order valence-corrected chi connectivity index (χ4v) is 6.92. The summed E-state index contributed by atoms with van der Waals surface area (Å²) >= 11 is 0. The smallest absolute Gasteiger partial charge is 0.256 e. The summed E-state index contributed by atoms with van der Waals surface area (Å²) in [6, 6.07) is 24.9. The lowest BCUT2D eigenvalue weighted by Crippen LogP contribution is -2.15. The van der Waals surface area contributed by atoms with Crippen LogP contribution in [0.25, 0.3) is 0 Å². The van der Waals surface area contributed by atoms with Crippen LogP contribution in [-0.4, -0.2) is 28.6 Å². The predicted molar refractivity (Wildman–Crippen MR) is 156 cm³/mol. The maximum absolute atomic E-state index is 13.1. The number of anilines is 2. The van der Waals surface area contributed by atoms with E-state index in [0.29, 0.717) is 20.9 Å². The van der Waals surface area contributed by atoms with E-state index in [4.69, 9.17) is 10.3 Å². The lowest BCUT2D eigenvalue weighted by Gasteiger charge is -2.12. The van der Waals surface area contributed by atoms with Gasteiger partial charge in [-0.1, -0.05) is 58.0 Å². The van der Waals surface area contributed by atoms with Crippen molar-refractivity contribution in [3.63, 3.8) is 0 Å². The molecule has 0 aliphatic heterocycles. The molecule has 206 valence electrons. The number of carbonyl (C=O) groups excluding carboxylic acids is 2. The monoisotopic (exact) mass is 614 g/mol. The molecule has 2 amide bonds. The molecule has 0 fully saturated rings. The largest absolute Gasteiger partial charge is 0.322 e. The van der Waals surface area contributed by atoms with E-state index < -0.39 is 31.9 Å². The highest BCUT2D eigenvalue weighted by atomic mass is 33.1. The van der Waals surface area contributed by atoms with Crippen molar-refractivity contribution in [2.45, 2.75) is 19.6 Å². The summed E-state index contributed by atoms with van der Waals surface area (Å²) in [4.78, 5) is 27.0. The zero-order valence-electron chi connectivity index (χ0n) is 20.5. The third kappa shape index (κ3) is 7.50. The summed E-state index contributed by atoms with van der Waals surface area (Å²) in [5, 5.41) is 15.7. The maximum atomic E-state index is 13.1. The van der Waals surface area contributed by atoms with E-state index >= 15 is 0 Å². The Kier molecular flexibility index (Phi) is 8.98. The van der Waals surface area contributed by atoms with Gasteiger partial charge in [-0.15, -0.1) is 0 Å². The number of rotatable bonds is 9. The number of sulfonamides is 2. The van der Waals surface area contributed by atoms with Crippen LogP contribution in [0, 0.1) is 0 Å². The summed E-state index contributed by atoms with van der Waals surface area (Å²) in [6.45, 7) is 0. The molecule has 0 atom stereocenters. The highest BCUT2D eigenvalue weighted by Crippen LogP contribution is 2.40. The molecule has 0 aromatic heterocycles. The molecule has 0 aliphatic rings. The molecule has 0 spiro atoms. The molecule has 0 saturated heterocycles. The Labute approximate surface area is 239 Å². The van der Waals surface area contributed by atoms with Crippen molar-refractivity contribution in [3.05, 3.63) is 108 Å². The average Bonchev–Trinajstić information content (AvgIpc) is 2.91. The second-order valence-corrected chi connectivity index (χ2v) is 13.5. The first kappa shape index (κ1) is 29.3. The molecule has 0 aliphatic carbocycles. The second-order valence-electron chi connectivity index (χ2n) is 8.21. The Hall–Kier alpha value is -3.66. The molecular weight excluding hydrogens is 593 g/mol. The minimum absolute atomic E-state index is 0.130. The zero-order chi connectivity index (χ0) is 28.9. The van der Waals surface area contributed by atoms with E-state index in [1.807, 2.05) is 0 Å². The SMILES string of the molecule is NS(=O)(=O)c1cccc(NC(=O)c2ccccc2SSc2ccccc2C(=O)Nc2cccc(S(N)(=O)=O)c2)c1. The number of nitrogens with two attached hydrogens (primary N) is 2. The lowest BCUT2D eigenvalue weighted by atomic mass is 10.2. The number of hydrogen-bond acceptors (Lipinski definition) is 8. The number of nitrogens with one attached hydrogen (secondary N) is 2. The van der Waals surface area contributed by atoms with Crippen LogP contribution in [-0.2, 0) is 20.0 Å². The summed E-state index contributed by atoms with van der Waals surface area (Å²) < 4.78 is 46.6. The second kappa shape index (κ2) is 12.2. The minimum atomic E-state index is -3.94. The van der Waals surface area contributed by atoms with Crippen molar-refractivity contribution in [1.29, 1.82) is 0 Å². The van der Waals surface area contributed by atoms with Gasteiger partial charge in [0.1, 0.15) is 0 Å². The summed E-state index contributed by atoms with van der Waals surface area (Å²) in [5.74, 6) is -0.924. The van der Waals surface area contributed by atoms with Gasteiger partial charge in [-0.25, -0.2) is 27.1 Å². The van der Waals surface area contributed by atoms with Crippen molar-refractivity contribution in [3.8, 4) is 0 Å². The first-order valence-corrected chi connectivity index (χ1v) is 16.6. The van der Waals surface area contributed by atoms with Crippen molar-refractivity contribution in [2.75, 3.05) is 10.6 Å². The fraction of sp³-hybridized carbons (Fsp3) is 0. The van der Waals surface area contributed by atoms with E-state index in [2.05, 4.69) is 10.6 Å². The number of primary sulfonamides is 2. The van der Waals surface area contributed by atoms with Gasteiger partial charge in [0.2, 0.25) is 20.0 Å². The molecule has 0 bridgehead atoms. The molecule has 6 N–H and O–H groups in total. The number of amides is 2. The van der Waals surface area contributed by atoms with Gasteiger partial charge in [-0.05, 0) is 60.7 Å². The van der Waals surface area contributed by atoms with Crippen LogP contribution >= 0.6 is 21.6 Å². The average molecular weight is 615 g/mol. The van der Waals surface area contributed by atoms with Crippen LogP contribution in [0.5, 0.6) is 0 Å². The van der Waals surface area contributed by atoms with E-state index in [1.165, 1.54) is 58.0 Å². The zero-order valence-corrected chi connectivity index (χ0v) is 23.7. The molecule has 0 unspecified atom stereocenters. The summed E-state index contributed by atoms with van der Waals surface area (Å²) in [7, 11) is -5.37. The van der Waals surface area contributed by atoms with Gasteiger partial charge in [-0.3, -0.25) is 9.59 Å². The Balaban J connectivity index is 1.51. The Morgan fingerprint density at radius 1 is 0.550 bits per heavy atom. The first-order chi connectivity index (χ1) is 18.9. The molecular formula is C26H22N4O6S4. The normalized spacial score (nSPS) is 11.6. The van der Waals surface area contributed by atoms with Crippen LogP contribution in [0.1, 0.15) is 20.7 Å². The van der Waals surface area contributed by atoms with E-state index in [1.54, 1.807) is 60.7 Å². The molecule has 10 nitrogen and oxygen atoms in total. The molecule has 40 heavy (non-hydrogen) atoms. The van der Waals surface area contributed by atoms with Crippen molar-refractivity contribution >= 4 is 64.8 Å². The molecule has 4 aromatic carbocycles. The van der Waals surface area contributed by atoms with Gasteiger partial charge in [0.25, 0.3) is 11.8 Å². The fourth-order valence-electron chi connectivity index (χ4n) is 3.44. The third-order valence-corrected chi connectivity index (χ3v) is 9.63. The number of hydrogen-bond donors (Lipinski definition) is 4. The summed E-state index contributed by atoms with van der Waals surface area (Å²) in [5.41, 5.74) is 1.19. The van der Waals surface area contributed by atoms with Crippen LogP contribution < -0.4 is 20.9 Å². The minimum Gasteiger partial charge on any atom is -0.322 e. The predicted octanol–water partition coefficient (Wildman–Crippen LogP) is 4.29. The van der Waals surface area contributed by atoms with Crippen LogP contribution in [0.2, 0.25) is 0 Å². The van der Waals surface area contributed by atoms with Gasteiger partial charge >= 0.3 is 0 Å². The Bertz CT molecular complexity index is 1680. The van der Waals surface area contributed by atoms with Crippen LogP contribution in [0.4, 0.5) is 11.4 Å². The molecule has 0 heterocycles. The van der Waals surface area contributed by atoms with Gasteiger partial charge in [0.05, 0.1) is 20.9 Å². The Morgan fingerprint density at radius 2 is 0.925 bits per heavy atom. The van der Waals surface area contributed by atoms with Gasteiger partial charge in [0.15, 0.2) is 0 Å². The van der Waals surface area contributed by atoms with Crippen molar-refractivity contribution < 1.29 is 26.4 Å². The first-order valence-electron chi connectivity index (χ1n) is 11.3. The molecule has 0 saturated carbocycles. The Morgan fingerprint density at radius 3 is 1.30 bits per heavy atom. The maximum Gasteiger partial charge on any atom is 0.256 e. The van der Waals surface area contributed by atoms with Gasteiger partial charge < -0.3 is 10.6 Å². The third-order valence-electron chi connectivity index (χ3n) is 5.33. The van der Waals surface area contributed by atoms with Crippen LogP contribution in [0.3, 0.4) is 0 Å². The highest BCUT2D eigenvalue weighted by Gasteiger charge is 2.17. The standard InChI is InChI=1S/C26H22N4O6S4/c27-39(33,34)19-9-5-7-17(15-19)29-25(31)21-11-1-3-13-23(21)37-38-24-14-4-2-12-22(24)26(32)30-18-8-6-10-20(16-18)40(28,35)36/h1-16H,(H,29,31)(H,30,32)(H2,27,33,34)(H2,28,35,36). The number of benzene rings is 4. The van der Waals surface area contributed by atoms with Crippen LogP contribution in [0.15, 0.2) is 117 Å². The highest BCUT2D eigenvalue weighted by molar-refractivity contribution is 8.76. The van der Waals surface area contributed by atoms with Gasteiger partial charge in [-0.2, -0.15) is 0 Å². The topological polar surface area (TPSA) is 179 Å².